The van der Waals surface area contributed by atoms with Gasteiger partial charge < -0.3 is 14.5 Å². The second-order valence-corrected chi connectivity index (χ2v) is 6.59. The van der Waals surface area contributed by atoms with Gasteiger partial charge in [-0.2, -0.15) is 0 Å². The second kappa shape index (κ2) is 6.35. The van der Waals surface area contributed by atoms with Gasteiger partial charge in [-0.05, 0) is 47.8 Å². The van der Waals surface area contributed by atoms with Crippen LogP contribution in [0.4, 0.5) is 0 Å². The average molecular weight is 380 g/mol. The Hall–Kier alpha value is -1.82. The zero-order chi connectivity index (χ0) is 16.4. The summed E-state index contributed by atoms with van der Waals surface area (Å²) in [6.07, 6.45) is 2.98. The van der Waals surface area contributed by atoms with Crippen LogP contribution < -0.4 is 5.32 Å². The molecular formula is C17H18BrNO4. The lowest BCUT2D eigenvalue weighted by Crippen LogP contribution is -2.53. The molecule has 1 aromatic heterocycles. The number of amides is 1. The van der Waals surface area contributed by atoms with E-state index >= 15 is 0 Å². The summed E-state index contributed by atoms with van der Waals surface area (Å²) in [5.74, 6) is -0.548. The van der Waals surface area contributed by atoms with Gasteiger partial charge in [0.1, 0.15) is 11.1 Å². The zero-order valence-electron chi connectivity index (χ0n) is 12.9. The Kier molecular flexibility index (Phi) is 4.43. The summed E-state index contributed by atoms with van der Waals surface area (Å²) < 4.78 is 11.6. The minimum absolute atomic E-state index is 0.197. The van der Waals surface area contributed by atoms with Crippen molar-refractivity contribution in [2.75, 3.05) is 6.61 Å². The minimum atomic E-state index is -0.927. The van der Waals surface area contributed by atoms with Gasteiger partial charge in [0.15, 0.2) is 5.76 Å². The summed E-state index contributed by atoms with van der Waals surface area (Å²) in [5.41, 5.74) is -0.308. The van der Waals surface area contributed by atoms with Crippen LogP contribution in [0.25, 0.3) is 11.0 Å². The third kappa shape index (κ3) is 3.00. The van der Waals surface area contributed by atoms with Crippen LogP contribution in [0.1, 0.15) is 43.2 Å². The molecule has 1 heterocycles. The van der Waals surface area contributed by atoms with Crippen molar-refractivity contribution < 1.29 is 18.7 Å². The molecule has 2 aromatic rings. The molecule has 0 spiro atoms. The molecule has 0 saturated heterocycles. The van der Waals surface area contributed by atoms with Crippen molar-refractivity contribution in [1.82, 2.24) is 5.32 Å². The smallest absolute Gasteiger partial charge is 0.331 e. The number of halogens is 1. The monoisotopic (exact) mass is 379 g/mol. The largest absolute Gasteiger partial charge is 0.464 e. The van der Waals surface area contributed by atoms with Gasteiger partial charge in [-0.3, -0.25) is 4.79 Å². The third-order valence-electron chi connectivity index (χ3n) is 4.20. The van der Waals surface area contributed by atoms with Crippen LogP contribution in [0.2, 0.25) is 0 Å². The number of hydrogen-bond donors (Lipinski definition) is 1. The predicted octanol–water partition coefficient (Wildman–Crippen LogP) is 3.80. The number of benzene rings is 1. The van der Waals surface area contributed by atoms with Crippen LogP contribution in [-0.4, -0.2) is 24.0 Å². The summed E-state index contributed by atoms with van der Waals surface area (Å²) in [5, 5.41) is 3.69. The van der Waals surface area contributed by atoms with Gasteiger partial charge in [0.25, 0.3) is 5.91 Å². The van der Waals surface area contributed by atoms with Gasteiger partial charge in [-0.1, -0.05) is 25.0 Å². The van der Waals surface area contributed by atoms with Crippen LogP contribution in [-0.2, 0) is 9.53 Å². The Labute approximate surface area is 142 Å². The van der Waals surface area contributed by atoms with E-state index in [1.165, 1.54) is 0 Å². The van der Waals surface area contributed by atoms with Crippen LogP contribution in [0.5, 0.6) is 0 Å². The maximum Gasteiger partial charge on any atom is 0.331 e. The fraction of sp³-hybridized carbons (Fsp3) is 0.412. The number of hydrogen-bond acceptors (Lipinski definition) is 4. The number of rotatable bonds is 4. The SMILES string of the molecule is CCOC(=O)C1(NC(=O)c2cc3cccc(Br)c3o2)CCCC1. The first kappa shape index (κ1) is 16.1. The molecule has 0 bridgehead atoms. The number of para-hydroxylation sites is 1. The number of fused-ring (bicyclic) bond motifs is 1. The maximum atomic E-state index is 12.6. The maximum absolute atomic E-state index is 12.6. The fourth-order valence-electron chi connectivity index (χ4n) is 3.05. The van der Waals surface area contributed by atoms with Gasteiger partial charge in [0, 0.05) is 5.39 Å². The van der Waals surface area contributed by atoms with Gasteiger partial charge in [0.2, 0.25) is 0 Å². The van der Waals surface area contributed by atoms with Crippen LogP contribution in [0.15, 0.2) is 33.2 Å². The second-order valence-electron chi connectivity index (χ2n) is 5.73. The quantitative estimate of drug-likeness (QED) is 0.820. The molecule has 6 heteroatoms. The molecule has 1 fully saturated rings. The van der Waals surface area contributed by atoms with Gasteiger partial charge in [-0.15, -0.1) is 0 Å². The van der Waals surface area contributed by atoms with Crippen LogP contribution in [0.3, 0.4) is 0 Å². The van der Waals surface area contributed by atoms with E-state index in [9.17, 15) is 9.59 Å². The Bertz CT molecular complexity index is 746. The van der Waals surface area contributed by atoms with E-state index in [4.69, 9.17) is 9.15 Å². The molecular weight excluding hydrogens is 362 g/mol. The van der Waals surface area contributed by atoms with Crippen molar-refractivity contribution in [3.8, 4) is 0 Å². The summed E-state index contributed by atoms with van der Waals surface area (Å²) in [6.45, 7) is 2.06. The summed E-state index contributed by atoms with van der Waals surface area (Å²) in [7, 11) is 0. The molecule has 122 valence electrons. The van der Waals surface area contributed by atoms with E-state index in [0.717, 1.165) is 22.7 Å². The first-order chi connectivity index (χ1) is 11.1. The average Bonchev–Trinajstić information content (AvgIpc) is 3.15. The molecule has 23 heavy (non-hydrogen) atoms. The van der Waals surface area contributed by atoms with Crippen molar-refractivity contribution in [2.24, 2.45) is 0 Å². The van der Waals surface area contributed by atoms with Crippen molar-refractivity contribution in [1.29, 1.82) is 0 Å². The van der Waals surface area contributed by atoms with Crippen LogP contribution >= 0.6 is 15.9 Å². The minimum Gasteiger partial charge on any atom is -0.464 e. The highest BCUT2D eigenvalue weighted by Gasteiger charge is 2.44. The van der Waals surface area contributed by atoms with Gasteiger partial charge >= 0.3 is 5.97 Å². The molecule has 1 N–H and O–H groups in total. The lowest BCUT2D eigenvalue weighted by Gasteiger charge is -2.27. The molecule has 5 nitrogen and oxygen atoms in total. The van der Waals surface area contributed by atoms with E-state index in [0.29, 0.717) is 25.0 Å². The third-order valence-corrected chi connectivity index (χ3v) is 4.82. The summed E-state index contributed by atoms with van der Waals surface area (Å²) in [6, 6.07) is 7.28. The highest BCUT2D eigenvalue weighted by Crippen LogP contribution is 2.32. The van der Waals surface area contributed by atoms with E-state index in [1.807, 2.05) is 18.2 Å². The van der Waals surface area contributed by atoms with Crippen molar-refractivity contribution >= 4 is 38.8 Å². The number of esters is 1. The topological polar surface area (TPSA) is 68.5 Å². The summed E-state index contributed by atoms with van der Waals surface area (Å²) >= 11 is 3.40. The zero-order valence-corrected chi connectivity index (χ0v) is 14.4. The van der Waals surface area contributed by atoms with Gasteiger partial charge in [-0.25, -0.2) is 4.79 Å². The number of nitrogens with one attached hydrogen (secondary N) is 1. The van der Waals surface area contributed by atoms with Gasteiger partial charge in [0.05, 0.1) is 11.1 Å². The molecule has 0 unspecified atom stereocenters. The van der Waals surface area contributed by atoms with E-state index < -0.39 is 5.54 Å². The normalized spacial score (nSPS) is 16.4. The number of carbonyl (C=O) groups excluding carboxylic acids is 2. The van der Waals surface area contributed by atoms with E-state index in [2.05, 4.69) is 21.2 Å². The molecule has 0 aliphatic heterocycles. The number of furan rings is 1. The van der Waals surface area contributed by atoms with E-state index in [-0.39, 0.29) is 17.6 Å². The summed E-state index contributed by atoms with van der Waals surface area (Å²) in [4.78, 5) is 24.9. The van der Waals surface area contributed by atoms with E-state index in [1.54, 1.807) is 13.0 Å². The number of ether oxygens (including phenoxy) is 1. The molecule has 0 atom stereocenters. The lowest BCUT2D eigenvalue weighted by molar-refractivity contribution is -0.150. The first-order valence-corrected chi connectivity index (χ1v) is 8.53. The molecule has 0 radical (unpaired) electrons. The molecule has 1 saturated carbocycles. The highest BCUT2D eigenvalue weighted by molar-refractivity contribution is 9.10. The molecule has 1 aliphatic rings. The lowest BCUT2D eigenvalue weighted by atomic mass is 9.97. The Morgan fingerprint density at radius 1 is 1.35 bits per heavy atom. The van der Waals surface area contributed by atoms with Crippen LogP contribution in [0, 0.1) is 0 Å². The van der Waals surface area contributed by atoms with Crippen molar-refractivity contribution in [3.63, 3.8) is 0 Å². The number of carbonyl (C=O) groups is 2. The fourth-order valence-corrected chi connectivity index (χ4v) is 3.51. The molecule has 1 aromatic carbocycles. The standard InChI is InChI=1S/C17H18BrNO4/c1-2-22-16(21)17(8-3-4-9-17)19-15(20)13-10-11-6-5-7-12(18)14(11)23-13/h5-7,10H,2-4,8-9H2,1H3,(H,19,20). The van der Waals surface area contributed by atoms with Crippen molar-refractivity contribution in [2.45, 2.75) is 38.1 Å². The molecule has 1 aliphatic carbocycles. The Balaban J connectivity index is 1.86. The van der Waals surface area contributed by atoms with Crippen molar-refractivity contribution in [3.05, 3.63) is 34.5 Å². The molecule has 1 amide bonds. The highest BCUT2D eigenvalue weighted by atomic mass is 79.9. The predicted molar refractivity (Wildman–Crippen MR) is 89.2 cm³/mol. The Morgan fingerprint density at radius 3 is 2.74 bits per heavy atom. The Morgan fingerprint density at radius 2 is 2.09 bits per heavy atom. The first-order valence-electron chi connectivity index (χ1n) is 7.73. The molecule has 3 rings (SSSR count).